The molecule has 0 saturated carbocycles. The topological polar surface area (TPSA) is 135 Å². The highest BCUT2D eigenvalue weighted by molar-refractivity contribution is 5.69. The van der Waals surface area contributed by atoms with Gasteiger partial charge in [0.2, 0.25) is 6.29 Å². The second kappa shape index (κ2) is 9.15. The van der Waals surface area contributed by atoms with Gasteiger partial charge in [0, 0.05) is 12.5 Å². The van der Waals surface area contributed by atoms with Gasteiger partial charge in [-0.05, 0) is 18.1 Å². The van der Waals surface area contributed by atoms with Crippen LogP contribution in [0.3, 0.4) is 0 Å². The van der Waals surface area contributed by atoms with E-state index in [0.29, 0.717) is 17.7 Å². The van der Waals surface area contributed by atoms with E-state index in [1.54, 1.807) is 18.2 Å². The Kier molecular flexibility index (Phi) is 7.18. The number of hydrogen-bond donors (Lipinski definition) is 4. The molecule has 0 spiro atoms. The summed E-state index contributed by atoms with van der Waals surface area (Å²) in [4.78, 5) is 11.4. The van der Waals surface area contributed by atoms with Gasteiger partial charge in [-0.25, -0.2) is 0 Å². The van der Waals surface area contributed by atoms with Gasteiger partial charge in [-0.15, -0.1) is 0 Å². The molecule has 0 radical (unpaired) electrons. The van der Waals surface area contributed by atoms with Gasteiger partial charge >= 0.3 is 5.97 Å². The molecular weight excluding hydrogens is 348 g/mol. The Labute approximate surface area is 150 Å². The highest BCUT2D eigenvalue weighted by atomic mass is 16.7. The lowest BCUT2D eigenvalue weighted by atomic mass is 9.99. The maximum atomic E-state index is 11.4. The second-order valence-electron chi connectivity index (χ2n) is 5.86. The molecule has 1 saturated heterocycles. The molecule has 1 aliphatic heterocycles. The molecule has 0 aromatic heterocycles. The van der Waals surface area contributed by atoms with Crippen molar-refractivity contribution in [2.45, 2.75) is 43.5 Å². The Balaban J connectivity index is 2.21. The predicted molar refractivity (Wildman–Crippen MR) is 87.7 cm³/mol. The Morgan fingerprint density at radius 2 is 1.88 bits per heavy atom. The smallest absolute Gasteiger partial charge is 0.305 e. The Morgan fingerprint density at radius 3 is 2.50 bits per heavy atom. The number of aryl methyl sites for hydroxylation is 1. The Hall–Kier alpha value is -1.91. The van der Waals surface area contributed by atoms with Gasteiger partial charge in [0.25, 0.3) is 0 Å². The zero-order chi connectivity index (χ0) is 19.3. The summed E-state index contributed by atoms with van der Waals surface area (Å²) in [6.45, 7) is -0.557. The van der Waals surface area contributed by atoms with Crippen molar-refractivity contribution >= 4 is 5.97 Å². The molecule has 2 rings (SSSR count). The summed E-state index contributed by atoms with van der Waals surface area (Å²) >= 11 is 0. The van der Waals surface area contributed by atoms with E-state index < -0.39 is 37.3 Å². The number of aliphatic hydroxyl groups excluding tert-OH is 4. The number of methoxy groups -OCH3 is 2. The van der Waals surface area contributed by atoms with E-state index in [1.165, 1.54) is 14.2 Å². The van der Waals surface area contributed by atoms with Crippen LogP contribution in [0.1, 0.15) is 12.0 Å². The van der Waals surface area contributed by atoms with Gasteiger partial charge in [-0.2, -0.15) is 0 Å². The molecule has 0 amide bonds. The van der Waals surface area contributed by atoms with Crippen LogP contribution in [0.15, 0.2) is 18.2 Å². The van der Waals surface area contributed by atoms with Crippen LogP contribution in [0.4, 0.5) is 0 Å². The summed E-state index contributed by atoms with van der Waals surface area (Å²) < 4.78 is 20.8. The normalized spacial score (nSPS) is 28.5. The summed E-state index contributed by atoms with van der Waals surface area (Å²) in [5.41, 5.74) is 0.633. The van der Waals surface area contributed by atoms with Crippen LogP contribution >= 0.6 is 0 Å². The number of benzene rings is 1. The molecule has 5 atom stereocenters. The highest BCUT2D eigenvalue weighted by Crippen LogP contribution is 2.30. The molecule has 0 bridgehead atoms. The van der Waals surface area contributed by atoms with Crippen molar-refractivity contribution < 1.29 is 44.2 Å². The van der Waals surface area contributed by atoms with Crippen molar-refractivity contribution in [1.29, 1.82) is 0 Å². The summed E-state index contributed by atoms with van der Waals surface area (Å²) in [6.07, 6.45) is -6.53. The van der Waals surface area contributed by atoms with E-state index in [-0.39, 0.29) is 18.1 Å². The predicted octanol–water partition coefficient (Wildman–Crippen LogP) is -1.02. The average Bonchev–Trinajstić information content (AvgIpc) is 2.66. The number of esters is 1. The van der Waals surface area contributed by atoms with Crippen molar-refractivity contribution in [2.24, 2.45) is 0 Å². The largest absolute Gasteiger partial charge is 0.497 e. The molecule has 1 heterocycles. The van der Waals surface area contributed by atoms with Crippen LogP contribution in [0.25, 0.3) is 0 Å². The minimum Gasteiger partial charge on any atom is -0.497 e. The summed E-state index contributed by atoms with van der Waals surface area (Å²) in [5, 5.41) is 39.1. The van der Waals surface area contributed by atoms with Crippen LogP contribution in [-0.2, 0) is 20.7 Å². The Bertz CT molecular complexity index is 604. The fourth-order valence-electron chi connectivity index (χ4n) is 2.61. The molecule has 1 aromatic carbocycles. The molecular formula is C17H24O9. The van der Waals surface area contributed by atoms with Gasteiger partial charge < -0.3 is 39.4 Å². The SMILES string of the molecule is COC(=O)CCc1ccc(OC)cc1O[C@@H]1O[C@H](CO)[C@@H](O)[C@H](O)[C@H]1O. The first-order chi connectivity index (χ1) is 12.4. The molecule has 26 heavy (non-hydrogen) atoms. The van der Waals surface area contributed by atoms with E-state index in [2.05, 4.69) is 4.74 Å². The lowest BCUT2D eigenvalue weighted by Gasteiger charge is -2.39. The highest BCUT2D eigenvalue weighted by Gasteiger charge is 2.44. The van der Waals surface area contributed by atoms with Gasteiger partial charge in [0.1, 0.15) is 35.9 Å². The van der Waals surface area contributed by atoms with E-state index in [0.717, 1.165) is 0 Å². The van der Waals surface area contributed by atoms with Crippen LogP contribution in [-0.4, -0.2) is 77.9 Å². The average molecular weight is 372 g/mol. The number of carbonyl (C=O) groups is 1. The number of ether oxygens (including phenoxy) is 4. The summed E-state index contributed by atoms with van der Waals surface area (Å²) in [5.74, 6) is 0.364. The summed E-state index contributed by atoms with van der Waals surface area (Å²) in [7, 11) is 2.77. The number of hydrogen-bond acceptors (Lipinski definition) is 9. The fourth-order valence-corrected chi connectivity index (χ4v) is 2.61. The van der Waals surface area contributed by atoms with Gasteiger partial charge in [0.15, 0.2) is 0 Å². The first-order valence-corrected chi connectivity index (χ1v) is 8.12. The minimum absolute atomic E-state index is 0.119. The Morgan fingerprint density at radius 1 is 1.15 bits per heavy atom. The molecule has 1 aromatic rings. The minimum atomic E-state index is -1.55. The summed E-state index contributed by atoms with van der Waals surface area (Å²) in [6, 6.07) is 4.93. The first kappa shape index (κ1) is 20.4. The third-order valence-corrected chi connectivity index (χ3v) is 4.19. The van der Waals surface area contributed by atoms with Crippen molar-refractivity contribution in [1.82, 2.24) is 0 Å². The zero-order valence-electron chi connectivity index (χ0n) is 14.6. The number of carbonyl (C=O) groups excluding carboxylic acids is 1. The third-order valence-electron chi connectivity index (χ3n) is 4.19. The molecule has 1 aliphatic rings. The second-order valence-corrected chi connectivity index (χ2v) is 5.86. The van der Waals surface area contributed by atoms with Crippen molar-refractivity contribution in [3.8, 4) is 11.5 Å². The van der Waals surface area contributed by atoms with E-state index >= 15 is 0 Å². The maximum Gasteiger partial charge on any atom is 0.305 e. The zero-order valence-corrected chi connectivity index (χ0v) is 14.6. The van der Waals surface area contributed by atoms with Crippen molar-refractivity contribution in [3.05, 3.63) is 23.8 Å². The molecule has 0 unspecified atom stereocenters. The van der Waals surface area contributed by atoms with Crippen LogP contribution < -0.4 is 9.47 Å². The molecule has 9 nitrogen and oxygen atoms in total. The molecule has 1 fully saturated rings. The van der Waals surface area contributed by atoms with E-state index in [9.17, 15) is 25.2 Å². The van der Waals surface area contributed by atoms with Crippen LogP contribution in [0.5, 0.6) is 11.5 Å². The lowest BCUT2D eigenvalue weighted by molar-refractivity contribution is -0.277. The number of aliphatic hydroxyl groups is 4. The maximum absolute atomic E-state index is 11.4. The molecule has 0 aliphatic carbocycles. The van der Waals surface area contributed by atoms with Crippen LogP contribution in [0, 0.1) is 0 Å². The fraction of sp³-hybridized carbons (Fsp3) is 0.588. The monoisotopic (exact) mass is 372 g/mol. The molecule has 4 N–H and O–H groups in total. The van der Waals surface area contributed by atoms with Gasteiger partial charge in [-0.1, -0.05) is 6.07 Å². The molecule has 9 heteroatoms. The van der Waals surface area contributed by atoms with Crippen molar-refractivity contribution in [2.75, 3.05) is 20.8 Å². The van der Waals surface area contributed by atoms with Gasteiger partial charge in [0.05, 0.1) is 20.8 Å². The standard InChI is InChI=1S/C17H24O9/c1-23-10-5-3-9(4-6-13(19)24-2)11(7-10)25-17-16(22)15(21)14(20)12(8-18)26-17/h3,5,7,12,14-18,20-22H,4,6,8H2,1-2H3/t12-,14-,15+,16-,17-/m1/s1. The van der Waals surface area contributed by atoms with E-state index in [1.807, 2.05) is 0 Å². The third kappa shape index (κ3) is 4.63. The quantitative estimate of drug-likeness (QED) is 0.444. The van der Waals surface area contributed by atoms with E-state index in [4.69, 9.17) is 14.2 Å². The molecule has 146 valence electrons. The van der Waals surface area contributed by atoms with Crippen LogP contribution in [0.2, 0.25) is 0 Å². The lowest BCUT2D eigenvalue weighted by Crippen LogP contribution is -2.60. The van der Waals surface area contributed by atoms with Crippen molar-refractivity contribution in [3.63, 3.8) is 0 Å². The van der Waals surface area contributed by atoms with Gasteiger partial charge in [-0.3, -0.25) is 4.79 Å². The first-order valence-electron chi connectivity index (χ1n) is 8.12. The number of rotatable bonds is 7.